The van der Waals surface area contributed by atoms with Crippen molar-refractivity contribution in [3.05, 3.63) is 22.6 Å². The number of aryl methyl sites for hydroxylation is 1. The van der Waals surface area contributed by atoms with E-state index in [1.807, 2.05) is 13.0 Å². The summed E-state index contributed by atoms with van der Waals surface area (Å²) in [6, 6.07) is 4.54. The van der Waals surface area contributed by atoms with Crippen molar-refractivity contribution in [2.24, 2.45) is 0 Å². The van der Waals surface area contributed by atoms with Crippen LogP contribution in [0.5, 0.6) is 0 Å². The van der Waals surface area contributed by atoms with Crippen molar-refractivity contribution in [2.45, 2.75) is 19.5 Å². The van der Waals surface area contributed by atoms with Crippen molar-refractivity contribution >= 4 is 23.4 Å². The standard InChI is InChI=1S/C14H21N5S/c1-10-4-5-12-13(15-10)19(14(20)16-12)9-11-8-17(2)6-7-18(11)3/h4-5,11H,6-9H2,1-3H3,(H,16,20). The quantitative estimate of drug-likeness (QED) is 0.854. The number of nitrogens with zero attached hydrogens (tertiary/aromatic N) is 4. The predicted octanol–water partition coefficient (Wildman–Crippen LogP) is 1.65. The summed E-state index contributed by atoms with van der Waals surface area (Å²) in [5.74, 6) is 0. The molecule has 6 heteroatoms. The SMILES string of the molecule is Cc1ccc2[nH]c(=S)n(CC3CN(C)CCN3C)c2n1. The van der Waals surface area contributed by atoms with Crippen LogP contribution in [0.4, 0.5) is 0 Å². The number of likely N-dealkylation sites (N-methyl/N-ethyl adjacent to an activating group) is 2. The molecule has 0 aromatic carbocycles. The fourth-order valence-corrected chi connectivity index (χ4v) is 3.07. The first kappa shape index (κ1) is 13.7. The van der Waals surface area contributed by atoms with Gasteiger partial charge in [0.15, 0.2) is 10.4 Å². The van der Waals surface area contributed by atoms with Crippen molar-refractivity contribution < 1.29 is 0 Å². The van der Waals surface area contributed by atoms with E-state index in [1.165, 1.54) is 0 Å². The van der Waals surface area contributed by atoms with E-state index in [2.05, 4.69) is 44.5 Å². The normalized spacial score (nSPS) is 21.6. The molecular weight excluding hydrogens is 270 g/mol. The van der Waals surface area contributed by atoms with E-state index in [-0.39, 0.29) is 0 Å². The van der Waals surface area contributed by atoms with Crippen LogP contribution in [0, 0.1) is 11.7 Å². The number of piperazine rings is 1. The molecule has 3 rings (SSSR count). The average molecular weight is 291 g/mol. The molecule has 1 aliphatic heterocycles. The molecule has 20 heavy (non-hydrogen) atoms. The lowest BCUT2D eigenvalue weighted by molar-refractivity contribution is 0.103. The first-order valence-corrected chi connectivity index (χ1v) is 7.40. The molecule has 1 N–H and O–H groups in total. The van der Waals surface area contributed by atoms with Crippen LogP contribution in [0.25, 0.3) is 11.2 Å². The van der Waals surface area contributed by atoms with E-state index in [1.54, 1.807) is 0 Å². The Hall–Kier alpha value is -1.24. The topological polar surface area (TPSA) is 40.1 Å². The van der Waals surface area contributed by atoms with Crippen LogP contribution < -0.4 is 0 Å². The predicted molar refractivity (Wildman–Crippen MR) is 83.6 cm³/mol. The molecule has 3 heterocycles. The van der Waals surface area contributed by atoms with E-state index in [0.717, 1.165) is 47.8 Å². The third-order valence-electron chi connectivity index (χ3n) is 4.13. The Morgan fingerprint density at radius 3 is 2.95 bits per heavy atom. The van der Waals surface area contributed by atoms with Gasteiger partial charge in [-0.2, -0.15) is 0 Å². The third-order valence-corrected chi connectivity index (χ3v) is 4.45. The Labute approximate surface area is 124 Å². The molecule has 0 spiro atoms. The first-order valence-electron chi connectivity index (χ1n) is 6.99. The second-order valence-electron chi connectivity index (χ2n) is 5.76. The molecule has 5 nitrogen and oxygen atoms in total. The summed E-state index contributed by atoms with van der Waals surface area (Å²) in [7, 11) is 4.37. The molecule has 0 aliphatic carbocycles. The maximum absolute atomic E-state index is 5.47. The lowest BCUT2D eigenvalue weighted by Crippen LogP contribution is -2.51. The van der Waals surface area contributed by atoms with Crippen molar-refractivity contribution in [1.29, 1.82) is 0 Å². The molecule has 108 valence electrons. The van der Waals surface area contributed by atoms with E-state index < -0.39 is 0 Å². The lowest BCUT2D eigenvalue weighted by Gasteiger charge is -2.37. The van der Waals surface area contributed by atoms with Crippen LogP contribution in [0.1, 0.15) is 5.69 Å². The highest BCUT2D eigenvalue weighted by Crippen LogP contribution is 2.16. The summed E-state index contributed by atoms with van der Waals surface area (Å²) >= 11 is 5.47. The fraction of sp³-hybridized carbons (Fsp3) is 0.571. The number of rotatable bonds is 2. The Morgan fingerprint density at radius 1 is 1.35 bits per heavy atom. The van der Waals surface area contributed by atoms with Gasteiger partial charge in [-0.3, -0.25) is 9.47 Å². The van der Waals surface area contributed by atoms with Gasteiger partial charge in [0.25, 0.3) is 0 Å². The lowest BCUT2D eigenvalue weighted by atomic mass is 10.2. The number of imidazole rings is 1. The summed E-state index contributed by atoms with van der Waals surface area (Å²) < 4.78 is 2.90. The summed E-state index contributed by atoms with van der Waals surface area (Å²) in [5.41, 5.74) is 3.01. The van der Waals surface area contributed by atoms with Gasteiger partial charge in [-0.25, -0.2) is 4.98 Å². The van der Waals surface area contributed by atoms with Gasteiger partial charge in [-0.15, -0.1) is 0 Å². The Bertz CT molecular complexity index is 674. The van der Waals surface area contributed by atoms with Gasteiger partial charge in [0.1, 0.15) is 0 Å². The molecule has 0 bridgehead atoms. The zero-order chi connectivity index (χ0) is 14.3. The van der Waals surface area contributed by atoms with E-state index in [4.69, 9.17) is 12.2 Å². The molecule has 1 saturated heterocycles. The van der Waals surface area contributed by atoms with Crippen LogP contribution in [0.2, 0.25) is 0 Å². The molecule has 0 saturated carbocycles. The van der Waals surface area contributed by atoms with Crippen LogP contribution in [-0.4, -0.2) is 64.1 Å². The minimum absolute atomic E-state index is 0.474. The van der Waals surface area contributed by atoms with Gasteiger partial charge in [0.2, 0.25) is 0 Å². The van der Waals surface area contributed by atoms with Gasteiger partial charge < -0.3 is 9.88 Å². The number of hydrogen-bond donors (Lipinski definition) is 1. The number of nitrogens with one attached hydrogen (secondary N) is 1. The Kier molecular flexibility index (Phi) is 3.62. The maximum Gasteiger partial charge on any atom is 0.179 e. The number of aromatic nitrogens is 3. The maximum atomic E-state index is 5.47. The summed E-state index contributed by atoms with van der Waals surface area (Å²) in [6.45, 7) is 6.19. The molecule has 0 amide bonds. The summed E-state index contributed by atoms with van der Waals surface area (Å²) in [6.07, 6.45) is 0. The first-order chi connectivity index (χ1) is 9.54. The zero-order valence-corrected chi connectivity index (χ0v) is 13.1. The molecule has 1 aliphatic rings. The third kappa shape index (κ3) is 2.51. The molecule has 0 radical (unpaired) electrons. The van der Waals surface area contributed by atoms with Crippen LogP contribution in [0.15, 0.2) is 12.1 Å². The largest absolute Gasteiger partial charge is 0.329 e. The second-order valence-corrected chi connectivity index (χ2v) is 6.15. The number of aromatic amines is 1. The second kappa shape index (κ2) is 5.27. The van der Waals surface area contributed by atoms with Gasteiger partial charge in [0.05, 0.1) is 5.52 Å². The number of pyridine rings is 1. The van der Waals surface area contributed by atoms with E-state index in [0.29, 0.717) is 6.04 Å². The van der Waals surface area contributed by atoms with Crippen molar-refractivity contribution in [2.75, 3.05) is 33.7 Å². The van der Waals surface area contributed by atoms with Gasteiger partial charge >= 0.3 is 0 Å². The highest BCUT2D eigenvalue weighted by atomic mass is 32.1. The number of fused-ring (bicyclic) bond motifs is 1. The minimum Gasteiger partial charge on any atom is -0.329 e. The van der Waals surface area contributed by atoms with Gasteiger partial charge in [-0.05, 0) is 45.4 Å². The van der Waals surface area contributed by atoms with Crippen LogP contribution >= 0.6 is 12.2 Å². The molecule has 2 aromatic rings. The van der Waals surface area contributed by atoms with E-state index in [9.17, 15) is 0 Å². The molecule has 1 fully saturated rings. The summed E-state index contributed by atoms with van der Waals surface area (Å²) in [4.78, 5) is 12.7. The molecule has 2 aromatic heterocycles. The van der Waals surface area contributed by atoms with E-state index >= 15 is 0 Å². The average Bonchev–Trinajstić information content (AvgIpc) is 2.70. The van der Waals surface area contributed by atoms with Crippen LogP contribution in [-0.2, 0) is 6.54 Å². The Balaban J connectivity index is 1.95. The highest BCUT2D eigenvalue weighted by molar-refractivity contribution is 7.71. The van der Waals surface area contributed by atoms with Gasteiger partial charge in [-0.1, -0.05) is 0 Å². The smallest absolute Gasteiger partial charge is 0.179 e. The Morgan fingerprint density at radius 2 is 2.15 bits per heavy atom. The molecular formula is C14H21N5S. The van der Waals surface area contributed by atoms with Crippen molar-refractivity contribution in [3.63, 3.8) is 0 Å². The van der Waals surface area contributed by atoms with Crippen LogP contribution in [0.3, 0.4) is 0 Å². The van der Waals surface area contributed by atoms with Crippen molar-refractivity contribution in [3.8, 4) is 0 Å². The molecule has 1 unspecified atom stereocenters. The monoisotopic (exact) mass is 291 g/mol. The minimum atomic E-state index is 0.474. The number of H-pyrrole nitrogens is 1. The van der Waals surface area contributed by atoms with Crippen molar-refractivity contribution in [1.82, 2.24) is 24.3 Å². The molecule has 1 atom stereocenters. The zero-order valence-electron chi connectivity index (χ0n) is 12.3. The fourth-order valence-electron chi connectivity index (χ4n) is 2.80. The number of hydrogen-bond acceptors (Lipinski definition) is 4. The summed E-state index contributed by atoms with van der Waals surface area (Å²) in [5, 5.41) is 0. The highest BCUT2D eigenvalue weighted by Gasteiger charge is 2.23. The van der Waals surface area contributed by atoms with Gasteiger partial charge in [0, 0.05) is 37.9 Å².